The Morgan fingerprint density at radius 3 is 2.00 bits per heavy atom. The van der Waals surface area contributed by atoms with Gasteiger partial charge in [-0.05, 0) is 20.8 Å². The maximum Gasteiger partial charge on any atom is 0.109 e. The molecule has 3 heteroatoms. The van der Waals surface area contributed by atoms with E-state index in [0.717, 1.165) is 0 Å². The quantitative estimate of drug-likeness (QED) is 0.717. The predicted octanol–water partition coefficient (Wildman–Crippen LogP) is 2.62. The molecular weight excluding hydrogens is 182 g/mol. The molecule has 0 aromatic heterocycles. The zero-order chi connectivity index (χ0) is 10.7. The lowest BCUT2D eigenvalue weighted by Crippen LogP contribution is -2.33. The normalized spacial score (nSPS) is 15.9. The number of nitrogens with two attached hydrogens (primary N) is 1. The van der Waals surface area contributed by atoms with Gasteiger partial charge in [-0.15, -0.1) is 11.8 Å². The van der Waals surface area contributed by atoms with Crippen molar-refractivity contribution in [3.63, 3.8) is 0 Å². The Morgan fingerprint density at radius 2 is 1.69 bits per heavy atom. The van der Waals surface area contributed by atoms with Gasteiger partial charge in [0.2, 0.25) is 0 Å². The molecule has 1 unspecified atom stereocenters. The van der Waals surface area contributed by atoms with E-state index in [2.05, 4.69) is 34.6 Å². The van der Waals surface area contributed by atoms with Crippen LogP contribution >= 0.6 is 11.8 Å². The summed E-state index contributed by atoms with van der Waals surface area (Å²) in [5.41, 5.74) is 5.51. The van der Waals surface area contributed by atoms with Gasteiger partial charge in [0.15, 0.2) is 0 Å². The molecule has 2 N–H and O–H groups in total. The van der Waals surface area contributed by atoms with Gasteiger partial charge in [-0.1, -0.05) is 20.8 Å². The van der Waals surface area contributed by atoms with Crippen LogP contribution in [0.3, 0.4) is 0 Å². The van der Waals surface area contributed by atoms with Crippen LogP contribution in [0.2, 0.25) is 0 Å². The van der Waals surface area contributed by atoms with E-state index < -0.39 is 0 Å². The molecule has 0 amide bonds. The monoisotopic (exact) mass is 205 g/mol. The van der Waals surface area contributed by atoms with Crippen LogP contribution in [-0.2, 0) is 4.74 Å². The van der Waals surface area contributed by atoms with Gasteiger partial charge in [-0.2, -0.15) is 0 Å². The lowest BCUT2D eigenvalue weighted by Gasteiger charge is -2.34. The molecule has 0 rings (SSSR count). The highest BCUT2D eigenvalue weighted by Gasteiger charge is 2.28. The average molecular weight is 205 g/mol. The average Bonchev–Trinajstić information content (AvgIpc) is 1.80. The molecule has 0 saturated carbocycles. The molecule has 0 heterocycles. The molecule has 0 fully saturated rings. The third-order valence-corrected chi connectivity index (χ3v) is 2.57. The zero-order valence-corrected chi connectivity index (χ0v) is 10.5. The molecule has 0 spiro atoms. The fourth-order valence-electron chi connectivity index (χ4n) is 1.29. The minimum absolute atomic E-state index is 0.129. The Morgan fingerprint density at radius 1 is 1.23 bits per heavy atom. The fraction of sp³-hybridized carbons (Fsp3) is 1.00. The van der Waals surface area contributed by atoms with Crippen molar-refractivity contribution < 1.29 is 4.74 Å². The number of ether oxygens (including phenoxy) is 1. The summed E-state index contributed by atoms with van der Waals surface area (Å²) in [5, 5.41) is 0. The highest BCUT2D eigenvalue weighted by Crippen LogP contribution is 2.37. The van der Waals surface area contributed by atoms with Gasteiger partial charge in [0, 0.05) is 11.3 Å². The van der Waals surface area contributed by atoms with Crippen molar-refractivity contribution in [2.75, 3.05) is 6.54 Å². The predicted molar refractivity (Wildman–Crippen MR) is 61.0 cm³/mol. The van der Waals surface area contributed by atoms with Gasteiger partial charge in [0.25, 0.3) is 0 Å². The third kappa shape index (κ3) is 7.35. The first-order chi connectivity index (χ1) is 5.66. The van der Waals surface area contributed by atoms with Gasteiger partial charge in [0.1, 0.15) is 4.93 Å². The number of hydrogen-bond acceptors (Lipinski definition) is 3. The van der Waals surface area contributed by atoms with Crippen molar-refractivity contribution in [3.05, 3.63) is 0 Å². The van der Waals surface area contributed by atoms with Crippen LogP contribution in [0, 0.1) is 0 Å². The molecule has 2 nitrogen and oxygen atoms in total. The Kier molecular flexibility index (Phi) is 4.77. The molecule has 0 aliphatic rings. The molecule has 13 heavy (non-hydrogen) atoms. The minimum Gasteiger partial charge on any atom is -0.361 e. The Bertz CT molecular complexity index is 151. The van der Waals surface area contributed by atoms with Crippen LogP contribution in [0.25, 0.3) is 0 Å². The Labute approximate surface area is 86.6 Å². The lowest BCUT2D eigenvalue weighted by molar-refractivity contribution is 0.000609. The van der Waals surface area contributed by atoms with Crippen molar-refractivity contribution >= 4 is 11.8 Å². The second-order valence-electron chi connectivity index (χ2n) is 4.78. The van der Waals surface area contributed by atoms with Crippen LogP contribution in [-0.4, -0.2) is 22.3 Å². The summed E-state index contributed by atoms with van der Waals surface area (Å²) in [6, 6.07) is 0. The largest absolute Gasteiger partial charge is 0.361 e. The second-order valence-corrected chi connectivity index (χ2v) is 7.19. The SMILES string of the molecule is CC(CN)OC(C)(C)SC(C)(C)C. The van der Waals surface area contributed by atoms with E-state index in [1.54, 1.807) is 0 Å². The maximum absolute atomic E-state index is 5.80. The lowest BCUT2D eigenvalue weighted by atomic mass is 10.3. The second kappa shape index (κ2) is 4.67. The molecule has 0 bridgehead atoms. The summed E-state index contributed by atoms with van der Waals surface area (Å²) in [5.74, 6) is 0. The molecular formula is C10H23NOS. The summed E-state index contributed by atoms with van der Waals surface area (Å²) in [6.45, 7) is 13.3. The molecule has 80 valence electrons. The van der Waals surface area contributed by atoms with Crippen LogP contribution in [0.1, 0.15) is 41.5 Å². The summed E-state index contributed by atoms with van der Waals surface area (Å²) in [4.78, 5) is -0.156. The summed E-state index contributed by atoms with van der Waals surface area (Å²) in [6.07, 6.45) is 0.129. The minimum atomic E-state index is -0.156. The van der Waals surface area contributed by atoms with Crippen molar-refractivity contribution in [3.8, 4) is 0 Å². The number of rotatable bonds is 4. The van der Waals surface area contributed by atoms with Crippen molar-refractivity contribution in [2.45, 2.75) is 57.3 Å². The van der Waals surface area contributed by atoms with Crippen LogP contribution < -0.4 is 5.73 Å². The van der Waals surface area contributed by atoms with E-state index in [9.17, 15) is 0 Å². The highest BCUT2D eigenvalue weighted by atomic mass is 32.2. The molecule has 0 saturated heterocycles. The molecule has 0 aromatic carbocycles. The summed E-state index contributed by atoms with van der Waals surface area (Å²) in [7, 11) is 0. The van der Waals surface area contributed by atoms with Crippen molar-refractivity contribution in [1.82, 2.24) is 0 Å². The highest BCUT2D eigenvalue weighted by molar-refractivity contribution is 8.01. The zero-order valence-electron chi connectivity index (χ0n) is 9.68. The van der Waals surface area contributed by atoms with Gasteiger partial charge in [-0.25, -0.2) is 0 Å². The topological polar surface area (TPSA) is 35.2 Å². The molecule has 0 aliphatic heterocycles. The van der Waals surface area contributed by atoms with E-state index >= 15 is 0 Å². The van der Waals surface area contributed by atoms with Crippen LogP contribution in [0.5, 0.6) is 0 Å². The van der Waals surface area contributed by atoms with Crippen molar-refractivity contribution in [2.24, 2.45) is 5.73 Å². The standard InChI is InChI=1S/C10H23NOS/c1-8(7-11)12-10(5,6)13-9(2,3)4/h8H,7,11H2,1-6H3. The molecule has 0 aliphatic carbocycles. The Hall–Kier alpha value is 0.270. The van der Waals surface area contributed by atoms with Gasteiger partial charge < -0.3 is 10.5 Å². The van der Waals surface area contributed by atoms with Crippen molar-refractivity contribution in [1.29, 1.82) is 0 Å². The molecule has 1 atom stereocenters. The Balaban J connectivity index is 4.08. The first kappa shape index (κ1) is 13.3. The smallest absolute Gasteiger partial charge is 0.109 e. The van der Waals surface area contributed by atoms with Gasteiger partial charge >= 0.3 is 0 Å². The third-order valence-electron chi connectivity index (χ3n) is 1.37. The van der Waals surface area contributed by atoms with Gasteiger partial charge in [-0.3, -0.25) is 0 Å². The van der Waals surface area contributed by atoms with E-state index in [4.69, 9.17) is 10.5 Å². The maximum atomic E-state index is 5.80. The number of thioether (sulfide) groups is 1. The van der Waals surface area contributed by atoms with E-state index in [1.165, 1.54) is 0 Å². The summed E-state index contributed by atoms with van der Waals surface area (Å²) < 4.78 is 6.02. The van der Waals surface area contributed by atoms with Crippen LogP contribution in [0.4, 0.5) is 0 Å². The first-order valence-corrected chi connectivity index (χ1v) is 5.56. The van der Waals surface area contributed by atoms with Crippen LogP contribution in [0.15, 0.2) is 0 Å². The van der Waals surface area contributed by atoms with E-state index in [1.807, 2.05) is 18.7 Å². The number of hydrogen-bond donors (Lipinski definition) is 1. The molecule has 0 radical (unpaired) electrons. The van der Waals surface area contributed by atoms with E-state index in [0.29, 0.717) is 6.54 Å². The van der Waals surface area contributed by atoms with Gasteiger partial charge in [0.05, 0.1) is 6.10 Å². The molecule has 0 aromatic rings. The first-order valence-electron chi connectivity index (χ1n) is 4.74. The van der Waals surface area contributed by atoms with E-state index in [-0.39, 0.29) is 15.8 Å². The fourth-order valence-corrected chi connectivity index (χ4v) is 2.98. The summed E-state index contributed by atoms with van der Waals surface area (Å²) >= 11 is 1.82.